The summed E-state index contributed by atoms with van der Waals surface area (Å²) in [6.45, 7) is 9.10. The molecule has 0 aromatic rings. The molecule has 0 heterocycles. The third-order valence-electron chi connectivity index (χ3n) is 3.83. The topological polar surface area (TPSA) is 55.1 Å². The zero-order chi connectivity index (χ0) is 13.1. The third-order valence-corrected chi connectivity index (χ3v) is 3.83. The van der Waals surface area contributed by atoms with E-state index in [2.05, 4.69) is 12.2 Å². The van der Waals surface area contributed by atoms with Crippen molar-refractivity contribution in [3.8, 4) is 0 Å². The molecule has 3 nitrogen and oxygen atoms in total. The van der Waals surface area contributed by atoms with Gasteiger partial charge < -0.3 is 11.1 Å². The van der Waals surface area contributed by atoms with Crippen LogP contribution in [0.3, 0.4) is 0 Å². The van der Waals surface area contributed by atoms with Gasteiger partial charge in [-0.15, -0.1) is 0 Å². The lowest BCUT2D eigenvalue weighted by molar-refractivity contribution is -0.124. The number of rotatable bonds is 3. The Morgan fingerprint density at radius 1 is 1.41 bits per heavy atom. The van der Waals surface area contributed by atoms with Crippen LogP contribution in [0, 0.1) is 17.3 Å². The summed E-state index contributed by atoms with van der Waals surface area (Å²) in [5.41, 5.74) is 5.76. The normalized spacial score (nSPS) is 27.6. The van der Waals surface area contributed by atoms with Crippen LogP contribution in [0.5, 0.6) is 0 Å². The van der Waals surface area contributed by atoms with E-state index in [1.807, 2.05) is 20.8 Å². The van der Waals surface area contributed by atoms with Crippen molar-refractivity contribution in [1.29, 1.82) is 0 Å². The highest BCUT2D eigenvalue weighted by molar-refractivity contribution is 5.82. The first-order chi connectivity index (χ1) is 7.80. The summed E-state index contributed by atoms with van der Waals surface area (Å²) in [6, 6.07) is -0.413. The minimum atomic E-state index is -0.413. The second-order valence-corrected chi connectivity index (χ2v) is 6.73. The Morgan fingerprint density at radius 3 is 2.59 bits per heavy atom. The molecule has 0 aromatic carbocycles. The van der Waals surface area contributed by atoms with Crippen LogP contribution in [0.1, 0.15) is 53.4 Å². The lowest BCUT2D eigenvalue weighted by Gasteiger charge is -2.29. The standard InChI is InChI=1S/C14H28N2O/c1-10-6-5-7-11(8-10)9-16-13(17)12(15)14(2,3)4/h10-12H,5-9,15H2,1-4H3,(H,16,17)/t10?,11?,12-/m1/s1. The molecule has 1 fully saturated rings. The number of nitrogens with two attached hydrogens (primary N) is 1. The fourth-order valence-corrected chi connectivity index (χ4v) is 2.49. The Morgan fingerprint density at radius 2 is 2.06 bits per heavy atom. The molecule has 1 rings (SSSR count). The van der Waals surface area contributed by atoms with Crippen LogP contribution in [0.2, 0.25) is 0 Å². The highest BCUT2D eigenvalue weighted by Gasteiger charge is 2.28. The zero-order valence-electron chi connectivity index (χ0n) is 11.8. The van der Waals surface area contributed by atoms with Gasteiger partial charge in [0, 0.05) is 6.54 Å². The van der Waals surface area contributed by atoms with E-state index >= 15 is 0 Å². The van der Waals surface area contributed by atoms with Crippen LogP contribution in [0.25, 0.3) is 0 Å². The number of carbonyl (C=O) groups excluding carboxylic acids is 1. The molecule has 0 aliphatic heterocycles. The lowest BCUT2D eigenvalue weighted by atomic mass is 9.82. The number of hydrogen-bond donors (Lipinski definition) is 2. The minimum Gasteiger partial charge on any atom is -0.354 e. The number of nitrogens with one attached hydrogen (secondary N) is 1. The predicted molar refractivity (Wildman–Crippen MR) is 71.6 cm³/mol. The molecule has 17 heavy (non-hydrogen) atoms. The molecule has 0 radical (unpaired) electrons. The SMILES string of the molecule is CC1CCCC(CNC(=O)[C@@H](N)C(C)(C)C)C1. The second kappa shape index (κ2) is 5.85. The Kier molecular flexibility index (Phi) is 4.99. The summed E-state index contributed by atoms with van der Waals surface area (Å²) in [4.78, 5) is 11.9. The van der Waals surface area contributed by atoms with Crippen molar-refractivity contribution in [2.45, 2.75) is 59.4 Å². The van der Waals surface area contributed by atoms with Gasteiger partial charge in [-0.2, -0.15) is 0 Å². The minimum absolute atomic E-state index is 0.00396. The highest BCUT2D eigenvalue weighted by atomic mass is 16.2. The van der Waals surface area contributed by atoms with Crippen molar-refractivity contribution in [3.05, 3.63) is 0 Å². The van der Waals surface area contributed by atoms with Crippen molar-refractivity contribution in [2.75, 3.05) is 6.54 Å². The number of amides is 1. The van der Waals surface area contributed by atoms with Gasteiger partial charge in [0.05, 0.1) is 6.04 Å². The van der Waals surface area contributed by atoms with Crippen molar-refractivity contribution in [1.82, 2.24) is 5.32 Å². The van der Waals surface area contributed by atoms with Gasteiger partial charge in [-0.3, -0.25) is 4.79 Å². The first kappa shape index (κ1) is 14.5. The van der Waals surface area contributed by atoms with Gasteiger partial charge in [0.15, 0.2) is 0 Å². The number of carbonyl (C=O) groups is 1. The molecule has 0 bridgehead atoms. The maximum atomic E-state index is 11.9. The molecule has 3 atom stereocenters. The molecular formula is C14H28N2O. The molecule has 1 amide bonds. The Hall–Kier alpha value is -0.570. The van der Waals surface area contributed by atoms with Crippen molar-refractivity contribution in [2.24, 2.45) is 23.0 Å². The molecule has 1 aliphatic rings. The fourth-order valence-electron chi connectivity index (χ4n) is 2.49. The maximum Gasteiger partial charge on any atom is 0.237 e. The Balaban J connectivity index is 2.33. The number of hydrogen-bond acceptors (Lipinski definition) is 2. The van der Waals surface area contributed by atoms with Crippen LogP contribution in [-0.4, -0.2) is 18.5 Å². The second-order valence-electron chi connectivity index (χ2n) is 6.73. The third kappa shape index (κ3) is 4.66. The average Bonchev–Trinajstić information content (AvgIpc) is 2.23. The summed E-state index contributed by atoms with van der Waals surface area (Å²) < 4.78 is 0. The molecule has 2 unspecified atom stereocenters. The quantitative estimate of drug-likeness (QED) is 0.795. The summed E-state index contributed by atoms with van der Waals surface area (Å²) in [5, 5.41) is 3.02. The van der Waals surface area contributed by atoms with Crippen LogP contribution in [-0.2, 0) is 4.79 Å². The first-order valence-electron chi connectivity index (χ1n) is 6.84. The van der Waals surface area contributed by atoms with Gasteiger partial charge in [0.2, 0.25) is 5.91 Å². The predicted octanol–water partition coefficient (Wildman–Crippen LogP) is 2.30. The molecule has 0 saturated heterocycles. The van der Waals surface area contributed by atoms with Crippen molar-refractivity contribution >= 4 is 5.91 Å². The monoisotopic (exact) mass is 240 g/mol. The summed E-state index contributed by atoms with van der Waals surface area (Å²) in [5.74, 6) is 1.45. The van der Waals surface area contributed by atoms with E-state index in [0.717, 1.165) is 12.5 Å². The molecule has 0 spiro atoms. The van der Waals surface area contributed by atoms with E-state index in [1.54, 1.807) is 0 Å². The van der Waals surface area contributed by atoms with Gasteiger partial charge in [-0.25, -0.2) is 0 Å². The molecule has 1 saturated carbocycles. The fraction of sp³-hybridized carbons (Fsp3) is 0.929. The maximum absolute atomic E-state index is 11.9. The van der Waals surface area contributed by atoms with Crippen LogP contribution < -0.4 is 11.1 Å². The molecule has 3 N–H and O–H groups in total. The Bertz CT molecular complexity index is 257. The summed E-state index contributed by atoms with van der Waals surface area (Å²) >= 11 is 0. The van der Waals surface area contributed by atoms with Gasteiger partial charge in [0.1, 0.15) is 0 Å². The van der Waals surface area contributed by atoms with Crippen molar-refractivity contribution in [3.63, 3.8) is 0 Å². The molecule has 1 aliphatic carbocycles. The highest BCUT2D eigenvalue weighted by Crippen LogP contribution is 2.28. The van der Waals surface area contributed by atoms with E-state index in [-0.39, 0.29) is 11.3 Å². The molecule has 0 aromatic heterocycles. The van der Waals surface area contributed by atoms with Gasteiger partial charge in [-0.05, 0) is 30.1 Å². The average molecular weight is 240 g/mol. The van der Waals surface area contributed by atoms with Gasteiger partial charge >= 0.3 is 0 Å². The van der Waals surface area contributed by atoms with E-state index in [4.69, 9.17) is 5.73 Å². The van der Waals surface area contributed by atoms with Crippen LogP contribution >= 0.6 is 0 Å². The van der Waals surface area contributed by atoms with E-state index in [0.29, 0.717) is 5.92 Å². The molecule has 3 heteroatoms. The van der Waals surface area contributed by atoms with E-state index < -0.39 is 6.04 Å². The summed E-state index contributed by atoms with van der Waals surface area (Å²) in [6.07, 6.45) is 5.12. The van der Waals surface area contributed by atoms with E-state index in [1.165, 1.54) is 25.7 Å². The van der Waals surface area contributed by atoms with Crippen molar-refractivity contribution < 1.29 is 4.79 Å². The Labute approximate surface area is 106 Å². The van der Waals surface area contributed by atoms with Crippen LogP contribution in [0.15, 0.2) is 0 Å². The van der Waals surface area contributed by atoms with Gasteiger partial charge in [-0.1, -0.05) is 40.5 Å². The lowest BCUT2D eigenvalue weighted by Crippen LogP contribution is -2.49. The smallest absolute Gasteiger partial charge is 0.237 e. The largest absolute Gasteiger partial charge is 0.354 e. The first-order valence-corrected chi connectivity index (χ1v) is 6.84. The van der Waals surface area contributed by atoms with Gasteiger partial charge in [0.25, 0.3) is 0 Å². The van der Waals surface area contributed by atoms with Crippen LogP contribution in [0.4, 0.5) is 0 Å². The molecule has 100 valence electrons. The van der Waals surface area contributed by atoms with E-state index in [9.17, 15) is 4.79 Å². The summed E-state index contributed by atoms with van der Waals surface area (Å²) in [7, 11) is 0. The molecular weight excluding hydrogens is 212 g/mol. The zero-order valence-corrected chi connectivity index (χ0v) is 11.8.